The predicted molar refractivity (Wildman–Crippen MR) is 113 cm³/mol. The van der Waals surface area contributed by atoms with Gasteiger partial charge in [0.15, 0.2) is 0 Å². The molecule has 30 heavy (non-hydrogen) atoms. The summed E-state index contributed by atoms with van der Waals surface area (Å²) in [5, 5.41) is 0. The average molecular weight is 416 g/mol. The van der Waals surface area contributed by atoms with Gasteiger partial charge in [0.25, 0.3) is 0 Å². The molecular formula is C26H15F3S. The Hall–Kier alpha value is -2.98. The van der Waals surface area contributed by atoms with Gasteiger partial charge in [0.2, 0.25) is 0 Å². The first-order valence-corrected chi connectivity index (χ1v) is 10.5. The summed E-state index contributed by atoms with van der Waals surface area (Å²) < 4.78 is 41.1. The van der Waals surface area contributed by atoms with E-state index < -0.39 is 17.2 Å². The first kappa shape index (κ1) is 17.8. The summed E-state index contributed by atoms with van der Waals surface area (Å²) in [4.78, 5) is 1.95. The molecule has 0 amide bonds. The van der Waals surface area contributed by atoms with Crippen molar-refractivity contribution in [3.8, 4) is 11.1 Å². The summed E-state index contributed by atoms with van der Waals surface area (Å²) in [6.07, 6.45) is -4.39. The van der Waals surface area contributed by atoms with Crippen LogP contribution in [0.15, 0.2) is 101 Å². The minimum atomic E-state index is -4.39. The second-order valence-corrected chi connectivity index (χ2v) is 8.73. The fourth-order valence-electron chi connectivity index (χ4n) is 5.03. The summed E-state index contributed by atoms with van der Waals surface area (Å²) >= 11 is 1.54. The molecule has 0 unspecified atom stereocenters. The third-order valence-electron chi connectivity index (χ3n) is 6.17. The molecule has 0 atom stereocenters. The van der Waals surface area contributed by atoms with Crippen LogP contribution in [0.1, 0.15) is 27.8 Å². The summed E-state index contributed by atoms with van der Waals surface area (Å²) in [7, 11) is 0. The third-order valence-corrected chi connectivity index (χ3v) is 7.33. The van der Waals surface area contributed by atoms with Gasteiger partial charge in [0, 0.05) is 9.79 Å². The van der Waals surface area contributed by atoms with Crippen LogP contribution in [0.5, 0.6) is 0 Å². The Balaban J connectivity index is 1.81. The first-order valence-electron chi connectivity index (χ1n) is 9.70. The molecule has 0 N–H and O–H groups in total. The van der Waals surface area contributed by atoms with Crippen LogP contribution in [-0.2, 0) is 11.6 Å². The zero-order valence-electron chi connectivity index (χ0n) is 15.7. The van der Waals surface area contributed by atoms with Gasteiger partial charge in [0.05, 0.1) is 11.0 Å². The lowest BCUT2D eigenvalue weighted by Crippen LogP contribution is -2.32. The summed E-state index contributed by atoms with van der Waals surface area (Å²) in [6.45, 7) is 0. The fourth-order valence-corrected chi connectivity index (χ4v) is 6.21. The van der Waals surface area contributed by atoms with Crippen LogP contribution in [-0.4, -0.2) is 0 Å². The lowest BCUT2D eigenvalue weighted by Gasteiger charge is -2.40. The molecule has 2 aliphatic rings. The Morgan fingerprint density at radius 3 is 1.73 bits per heavy atom. The van der Waals surface area contributed by atoms with Gasteiger partial charge < -0.3 is 0 Å². The van der Waals surface area contributed by atoms with E-state index in [1.165, 1.54) is 12.1 Å². The minimum absolute atomic E-state index is 0.609. The lowest BCUT2D eigenvalue weighted by molar-refractivity contribution is -0.137. The van der Waals surface area contributed by atoms with Crippen molar-refractivity contribution in [1.82, 2.24) is 0 Å². The van der Waals surface area contributed by atoms with Crippen LogP contribution in [0.25, 0.3) is 11.1 Å². The van der Waals surface area contributed by atoms with E-state index in [0.717, 1.165) is 37.6 Å². The highest BCUT2D eigenvalue weighted by Crippen LogP contribution is 2.62. The van der Waals surface area contributed by atoms with E-state index in [4.69, 9.17) is 0 Å². The van der Waals surface area contributed by atoms with Crippen molar-refractivity contribution in [2.24, 2.45) is 0 Å². The maximum atomic E-state index is 13.7. The predicted octanol–water partition coefficient (Wildman–Crippen LogP) is 7.53. The van der Waals surface area contributed by atoms with E-state index in [1.54, 1.807) is 17.8 Å². The van der Waals surface area contributed by atoms with E-state index >= 15 is 0 Å². The van der Waals surface area contributed by atoms with Crippen LogP contribution in [0.2, 0.25) is 0 Å². The van der Waals surface area contributed by atoms with Crippen molar-refractivity contribution < 1.29 is 13.2 Å². The highest BCUT2D eigenvalue weighted by Gasteiger charge is 2.50. The molecule has 146 valence electrons. The standard InChI is InChI=1S/C26H15F3S/c27-26(28,29)16-13-14-24-22(15-16)25(21-11-5-6-12-23(21)30-24)19-9-3-1-7-17(19)18-8-2-4-10-20(18)25/h1-15H. The molecule has 1 spiro atoms. The SMILES string of the molecule is FC(F)(F)c1ccc2c(c1)C1(c3ccccc3S2)c2ccccc2-c2ccccc21. The van der Waals surface area contributed by atoms with Crippen molar-refractivity contribution in [2.45, 2.75) is 21.4 Å². The molecule has 0 fully saturated rings. The third kappa shape index (κ3) is 2.20. The highest BCUT2D eigenvalue weighted by atomic mass is 32.2. The number of hydrogen-bond acceptors (Lipinski definition) is 1. The molecule has 4 aromatic carbocycles. The van der Waals surface area contributed by atoms with E-state index in [-0.39, 0.29) is 0 Å². The minimum Gasteiger partial charge on any atom is -0.166 e. The number of alkyl halides is 3. The molecule has 1 aliphatic heterocycles. The Labute approximate surface area is 176 Å². The Bertz CT molecular complexity index is 1270. The summed E-state index contributed by atoms with van der Waals surface area (Å²) in [5.41, 5.74) is 4.63. The van der Waals surface area contributed by atoms with Crippen molar-refractivity contribution in [3.63, 3.8) is 0 Å². The van der Waals surface area contributed by atoms with Gasteiger partial charge in [-0.25, -0.2) is 0 Å². The van der Waals surface area contributed by atoms with Crippen molar-refractivity contribution in [1.29, 1.82) is 0 Å². The van der Waals surface area contributed by atoms with Gasteiger partial charge in [-0.15, -0.1) is 0 Å². The molecule has 0 saturated carbocycles. The lowest BCUT2D eigenvalue weighted by atomic mass is 9.67. The maximum absolute atomic E-state index is 13.7. The van der Waals surface area contributed by atoms with Gasteiger partial charge in [0.1, 0.15) is 0 Å². The van der Waals surface area contributed by atoms with Crippen molar-refractivity contribution in [3.05, 3.63) is 119 Å². The summed E-state index contributed by atoms with van der Waals surface area (Å²) in [5.74, 6) is 0. The molecule has 4 heteroatoms. The molecule has 0 aromatic heterocycles. The molecule has 1 aliphatic carbocycles. The molecule has 0 nitrogen and oxygen atoms in total. The molecular weight excluding hydrogens is 401 g/mol. The molecule has 6 rings (SSSR count). The number of halogens is 3. The monoisotopic (exact) mass is 416 g/mol. The van der Waals surface area contributed by atoms with Crippen LogP contribution >= 0.6 is 11.8 Å². The number of hydrogen-bond donors (Lipinski definition) is 0. The van der Waals surface area contributed by atoms with Gasteiger partial charge in [-0.1, -0.05) is 78.5 Å². The highest BCUT2D eigenvalue weighted by molar-refractivity contribution is 7.99. The second-order valence-electron chi connectivity index (χ2n) is 7.65. The quantitative estimate of drug-likeness (QED) is 0.247. The van der Waals surface area contributed by atoms with Crippen LogP contribution in [0.4, 0.5) is 13.2 Å². The van der Waals surface area contributed by atoms with E-state index in [0.29, 0.717) is 5.56 Å². The van der Waals surface area contributed by atoms with Gasteiger partial charge in [-0.3, -0.25) is 0 Å². The van der Waals surface area contributed by atoms with Gasteiger partial charge >= 0.3 is 6.18 Å². The molecule has 1 heterocycles. The first-order chi connectivity index (χ1) is 14.5. The van der Waals surface area contributed by atoms with Crippen LogP contribution in [0, 0.1) is 0 Å². The van der Waals surface area contributed by atoms with E-state index in [1.807, 2.05) is 36.4 Å². The topological polar surface area (TPSA) is 0 Å². The Kier molecular flexibility index (Phi) is 3.58. The zero-order chi connectivity index (χ0) is 20.5. The van der Waals surface area contributed by atoms with Gasteiger partial charge in [-0.05, 0) is 57.6 Å². The average Bonchev–Trinajstić information content (AvgIpc) is 3.05. The molecule has 0 radical (unpaired) electrons. The number of fused-ring (bicyclic) bond motifs is 9. The largest absolute Gasteiger partial charge is 0.416 e. The van der Waals surface area contributed by atoms with E-state index in [2.05, 4.69) is 36.4 Å². The molecule has 4 aromatic rings. The zero-order valence-corrected chi connectivity index (χ0v) is 16.5. The summed E-state index contributed by atoms with van der Waals surface area (Å²) in [6, 6.07) is 28.5. The Morgan fingerprint density at radius 2 is 1.10 bits per heavy atom. The smallest absolute Gasteiger partial charge is 0.166 e. The molecule has 0 saturated heterocycles. The number of rotatable bonds is 0. The molecule has 0 bridgehead atoms. The number of benzene rings is 4. The fraction of sp³-hybridized carbons (Fsp3) is 0.0769. The second kappa shape index (κ2) is 6.02. The van der Waals surface area contributed by atoms with E-state index in [9.17, 15) is 13.2 Å². The van der Waals surface area contributed by atoms with Crippen molar-refractivity contribution in [2.75, 3.05) is 0 Å². The van der Waals surface area contributed by atoms with Gasteiger partial charge in [-0.2, -0.15) is 13.2 Å². The van der Waals surface area contributed by atoms with Crippen molar-refractivity contribution >= 4 is 11.8 Å². The normalized spacial score (nSPS) is 15.3. The van der Waals surface area contributed by atoms with Crippen LogP contribution < -0.4 is 0 Å². The maximum Gasteiger partial charge on any atom is 0.416 e. The Morgan fingerprint density at radius 1 is 0.567 bits per heavy atom. The van der Waals surface area contributed by atoms with Crippen LogP contribution in [0.3, 0.4) is 0 Å².